The molecule has 0 heterocycles. The van der Waals surface area contributed by atoms with Crippen LogP contribution in [-0.4, -0.2) is 17.9 Å². The highest BCUT2D eigenvalue weighted by Gasteiger charge is 2.19. The fraction of sp³-hybridized carbons (Fsp3) is 0.125. The van der Waals surface area contributed by atoms with Gasteiger partial charge in [-0.2, -0.15) is 0 Å². The Balaban J connectivity index is 2.10. The summed E-state index contributed by atoms with van der Waals surface area (Å²) < 4.78 is 13.2. The Hall–Kier alpha value is -2.40. The van der Waals surface area contributed by atoms with Gasteiger partial charge in [0, 0.05) is 17.0 Å². The van der Waals surface area contributed by atoms with E-state index in [2.05, 4.69) is 5.32 Å². The van der Waals surface area contributed by atoms with Gasteiger partial charge in [0.2, 0.25) is 5.91 Å². The summed E-state index contributed by atoms with van der Waals surface area (Å²) in [4.78, 5) is 23.6. The van der Waals surface area contributed by atoms with E-state index in [0.717, 1.165) is 0 Å². The lowest BCUT2D eigenvalue weighted by molar-refractivity contribution is -0.119. The number of carbonyl (C=O) groups excluding carboxylic acids is 2. The molecule has 0 aliphatic heterocycles. The zero-order valence-corrected chi connectivity index (χ0v) is 12.3. The van der Waals surface area contributed by atoms with Crippen LogP contribution in [-0.2, 0) is 11.2 Å². The van der Waals surface area contributed by atoms with Crippen molar-refractivity contribution < 1.29 is 14.0 Å². The second kappa shape index (κ2) is 7.04. The van der Waals surface area contributed by atoms with Gasteiger partial charge in [-0.05, 0) is 42.0 Å². The highest BCUT2D eigenvalue weighted by molar-refractivity contribution is 6.30. The SMILES string of the molecule is NC(=O)[C@@H](Cc1cccc(F)c1)NC(=O)c1ccc(Cl)cc1. The number of nitrogens with one attached hydrogen (secondary N) is 1. The largest absolute Gasteiger partial charge is 0.368 e. The van der Waals surface area contributed by atoms with Gasteiger partial charge in [0.25, 0.3) is 5.91 Å². The number of benzene rings is 2. The van der Waals surface area contributed by atoms with E-state index in [0.29, 0.717) is 16.1 Å². The lowest BCUT2D eigenvalue weighted by Gasteiger charge is -2.15. The zero-order valence-electron chi connectivity index (χ0n) is 11.6. The van der Waals surface area contributed by atoms with Gasteiger partial charge in [0.05, 0.1) is 0 Å². The van der Waals surface area contributed by atoms with Gasteiger partial charge >= 0.3 is 0 Å². The Bertz CT molecular complexity index is 689. The Kier molecular flexibility index (Phi) is 5.12. The van der Waals surface area contributed by atoms with Crippen LogP contribution in [0.2, 0.25) is 5.02 Å². The molecule has 0 saturated carbocycles. The first-order valence-electron chi connectivity index (χ1n) is 6.56. The van der Waals surface area contributed by atoms with Gasteiger partial charge in [0.15, 0.2) is 0 Å². The first-order valence-corrected chi connectivity index (χ1v) is 6.93. The predicted molar refractivity (Wildman–Crippen MR) is 82.0 cm³/mol. The maximum atomic E-state index is 13.2. The van der Waals surface area contributed by atoms with E-state index >= 15 is 0 Å². The van der Waals surface area contributed by atoms with E-state index in [1.807, 2.05) is 0 Å². The summed E-state index contributed by atoms with van der Waals surface area (Å²) in [5, 5.41) is 3.04. The molecule has 1 atom stereocenters. The molecular weight excluding hydrogens is 307 g/mol. The van der Waals surface area contributed by atoms with Crippen molar-refractivity contribution >= 4 is 23.4 Å². The summed E-state index contributed by atoms with van der Waals surface area (Å²) in [6, 6.07) is 11.1. The standard InChI is InChI=1S/C16H14ClFN2O2/c17-12-6-4-11(5-7-12)16(22)20-14(15(19)21)9-10-2-1-3-13(18)8-10/h1-8,14H,9H2,(H2,19,21)(H,20,22)/t14-/m1/s1. The van der Waals surface area contributed by atoms with Gasteiger partial charge < -0.3 is 11.1 Å². The van der Waals surface area contributed by atoms with Crippen LogP contribution in [0.15, 0.2) is 48.5 Å². The molecule has 0 aliphatic carbocycles. The summed E-state index contributed by atoms with van der Waals surface area (Å²) in [5.74, 6) is -1.55. The molecule has 4 nitrogen and oxygen atoms in total. The summed E-state index contributed by atoms with van der Waals surface area (Å²) in [7, 11) is 0. The average Bonchev–Trinajstić information content (AvgIpc) is 2.47. The number of hydrogen-bond donors (Lipinski definition) is 2. The third-order valence-electron chi connectivity index (χ3n) is 3.08. The summed E-state index contributed by atoms with van der Waals surface area (Å²) in [5.41, 5.74) is 6.23. The molecule has 0 aromatic heterocycles. The second-order valence-corrected chi connectivity index (χ2v) is 5.21. The molecule has 22 heavy (non-hydrogen) atoms. The maximum Gasteiger partial charge on any atom is 0.251 e. The Morgan fingerprint density at radius 3 is 2.45 bits per heavy atom. The van der Waals surface area contributed by atoms with Gasteiger partial charge in [-0.25, -0.2) is 4.39 Å². The Morgan fingerprint density at radius 1 is 1.18 bits per heavy atom. The van der Waals surface area contributed by atoms with Crippen LogP contribution in [0.25, 0.3) is 0 Å². The number of hydrogen-bond acceptors (Lipinski definition) is 2. The normalized spacial score (nSPS) is 11.7. The van der Waals surface area contributed by atoms with Gasteiger partial charge in [-0.3, -0.25) is 9.59 Å². The number of primary amides is 1. The quantitative estimate of drug-likeness (QED) is 0.887. The molecule has 0 saturated heterocycles. The molecule has 0 aliphatic rings. The monoisotopic (exact) mass is 320 g/mol. The molecular formula is C16H14ClFN2O2. The van der Waals surface area contributed by atoms with E-state index < -0.39 is 23.7 Å². The summed E-state index contributed by atoms with van der Waals surface area (Å²) in [6.07, 6.45) is 0.117. The van der Waals surface area contributed by atoms with E-state index in [9.17, 15) is 14.0 Å². The third-order valence-corrected chi connectivity index (χ3v) is 3.34. The number of rotatable bonds is 5. The van der Waals surface area contributed by atoms with Crippen LogP contribution in [0.5, 0.6) is 0 Å². The van der Waals surface area contributed by atoms with Crippen molar-refractivity contribution in [3.63, 3.8) is 0 Å². The topological polar surface area (TPSA) is 72.2 Å². The fourth-order valence-electron chi connectivity index (χ4n) is 1.97. The summed E-state index contributed by atoms with van der Waals surface area (Å²) >= 11 is 5.75. The minimum atomic E-state index is -0.926. The molecule has 2 rings (SSSR count). The highest BCUT2D eigenvalue weighted by Crippen LogP contribution is 2.11. The van der Waals surface area contributed by atoms with E-state index in [1.54, 1.807) is 18.2 Å². The molecule has 114 valence electrons. The predicted octanol–water partition coefficient (Wildman–Crippen LogP) is 2.31. The van der Waals surface area contributed by atoms with Gasteiger partial charge in [0.1, 0.15) is 11.9 Å². The van der Waals surface area contributed by atoms with Crippen molar-refractivity contribution in [2.75, 3.05) is 0 Å². The van der Waals surface area contributed by atoms with Crippen LogP contribution in [0, 0.1) is 5.82 Å². The molecule has 0 unspecified atom stereocenters. The lowest BCUT2D eigenvalue weighted by atomic mass is 10.0. The van der Waals surface area contributed by atoms with Crippen molar-refractivity contribution in [1.82, 2.24) is 5.32 Å². The first-order chi connectivity index (χ1) is 10.5. The van der Waals surface area contributed by atoms with E-state index in [4.69, 9.17) is 17.3 Å². The van der Waals surface area contributed by atoms with Crippen LogP contribution in [0.1, 0.15) is 15.9 Å². The van der Waals surface area contributed by atoms with Crippen molar-refractivity contribution in [3.05, 3.63) is 70.5 Å². The second-order valence-electron chi connectivity index (χ2n) is 4.77. The van der Waals surface area contributed by atoms with Crippen molar-refractivity contribution in [2.24, 2.45) is 5.73 Å². The molecule has 0 fully saturated rings. The number of carbonyl (C=O) groups is 2. The molecule has 2 amide bonds. The lowest BCUT2D eigenvalue weighted by Crippen LogP contribution is -2.45. The molecule has 2 aromatic carbocycles. The molecule has 6 heteroatoms. The third kappa shape index (κ3) is 4.30. The van der Waals surface area contributed by atoms with Crippen molar-refractivity contribution in [3.8, 4) is 0 Å². The van der Waals surface area contributed by atoms with E-state index in [-0.39, 0.29) is 6.42 Å². The molecule has 0 radical (unpaired) electrons. The molecule has 0 spiro atoms. The van der Waals surface area contributed by atoms with Crippen molar-refractivity contribution in [2.45, 2.75) is 12.5 Å². The molecule has 0 bridgehead atoms. The molecule has 3 N–H and O–H groups in total. The minimum Gasteiger partial charge on any atom is -0.368 e. The highest BCUT2D eigenvalue weighted by atomic mass is 35.5. The maximum absolute atomic E-state index is 13.2. The number of halogens is 2. The first kappa shape index (κ1) is 16.0. The Morgan fingerprint density at radius 2 is 1.86 bits per heavy atom. The van der Waals surface area contributed by atoms with Gasteiger partial charge in [-0.1, -0.05) is 23.7 Å². The molecule has 2 aromatic rings. The van der Waals surface area contributed by atoms with E-state index in [1.165, 1.54) is 30.3 Å². The fourth-order valence-corrected chi connectivity index (χ4v) is 2.09. The van der Waals surface area contributed by atoms with Crippen LogP contribution in [0.4, 0.5) is 4.39 Å². The van der Waals surface area contributed by atoms with Gasteiger partial charge in [-0.15, -0.1) is 0 Å². The zero-order chi connectivity index (χ0) is 16.1. The minimum absolute atomic E-state index is 0.117. The van der Waals surface area contributed by atoms with Crippen LogP contribution < -0.4 is 11.1 Å². The van der Waals surface area contributed by atoms with Crippen LogP contribution >= 0.6 is 11.6 Å². The number of amides is 2. The smallest absolute Gasteiger partial charge is 0.251 e. The Labute approximate surface area is 132 Å². The van der Waals surface area contributed by atoms with Crippen LogP contribution in [0.3, 0.4) is 0 Å². The van der Waals surface area contributed by atoms with Crippen molar-refractivity contribution in [1.29, 1.82) is 0 Å². The average molecular weight is 321 g/mol. The number of nitrogens with two attached hydrogens (primary N) is 1. The summed E-state index contributed by atoms with van der Waals surface area (Å²) in [6.45, 7) is 0.